The highest BCUT2D eigenvalue weighted by Gasteiger charge is 2.15. The fourth-order valence-corrected chi connectivity index (χ4v) is 3.19. The molecule has 1 aromatic heterocycles. The summed E-state index contributed by atoms with van der Waals surface area (Å²) < 4.78 is 2.14. The molecule has 2 heterocycles. The number of benzene rings is 1. The van der Waals surface area contributed by atoms with Gasteiger partial charge in [-0.1, -0.05) is 30.3 Å². The van der Waals surface area contributed by atoms with Gasteiger partial charge in [-0.15, -0.1) is 0 Å². The molecule has 5 heteroatoms. The maximum absolute atomic E-state index is 11.9. The van der Waals surface area contributed by atoms with E-state index in [9.17, 15) is 4.79 Å². The first kappa shape index (κ1) is 16.7. The van der Waals surface area contributed by atoms with Gasteiger partial charge in [0.1, 0.15) is 5.82 Å². The molecule has 1 saturated heterocycles. The second kappa shape index (κ2) is 8.64. The molecule has 0 radical (unpaired) electrons. The third-order valence-electron chi connectivity index (χ3n) is 4.61. The Kier molecular flexibility index (Phi) is 6.01. The molecule has 1 fully saturated rings. The second-order valence-corrected chi connectivity index (χ2v) is 6.45. The Morgan fingerprint density at radius 1 is 1.33 bits per heavy atom. The number of carbonyl (C=O) groups excluding carboxylic acids is 1. The lowest BCUT2D eigenvalue weighted by Crippen LogP contribution is -2.27. The molecule has 2 N–H and O–H groups in total. The van der Waals surface area contributed by atoms with E-state index in [1.54, 1.807) is 0 Å². The summed E-state index contributed by atoms with van der Waals surface area (Å²) in [7, 11) is 0. The number of hydrogen-bond donors (Lipinski definition) is 2. The lowest BCUT2D eigenvalue weighted by Gasteiger charge is -2.10. The van der Waals surface area contributed by atoms with Gasteiger partial charge in [-0.2, -0.15) is 0 Å². The quantitative estimate of drug-likeness (QED) is 0.780. The largest absolute Gasteiger partial charge is 0.356 e. The Hall–Kier alpha value is -2.14. The average molecular weight is 326 g/mol. The normalized spacial score (nSPS) is 17.1. The third kappa shape index (κ3) is 4.93. The van der Waals surface area contributed by atoms with Gasteiger partial charge < -0.3 is 15.2 Å². The minimum absolute atomic E-state index is 0.156. The highest BCUT2D eigenvalue weighted by atomic mass is 16.1. The molecule has 128 valence electrons. The number of imidazole rings is 1. The summed E-state index contributed by atoms with van der Waals surface area (Å²) in [4.78, 5) is 16.4. The maximum Gasteiger partial charge on any atom is 0.220 e. The molecule has 24 heavy (non-hydrogen) atoms. The topological polar surface area (TPSA) is 59.0 Å². The molecule has 1 aliphatic heterocycles. The molecule has 0 aliphatic carbocycles. The van der Waals surface area contributed by atoms with Crippen molar-refractivity contribution in [3.8, 4) is 0 Å². The van der Waals surface area contributed by atoms with Gasteiger partial charge in [-0.25, -0.2) is 4.98 Å². The zero-order chi connectivity index (χ0) is 16.6. The van der Waals surface area contributed by atoms with Crippen molar-refractivity contribution in [3.63, 3.8) is 0 Å². The van der Waals surface area contributed by atoms with Crippen LogP contribution < -0.4 is 10.6 Å². The Bertz CT molecular complexity index is 632. The molecule has 0 bridgehead atoms. The maximum atomic E-state index is 11.9. The molecule has 2 aromatic rings. The van der Waals surface area contributed by atoms with Crippen molar-refractivity contribution in [2.45, 2.75) is 32.2 Å². The summed E-state index contributed by atoms with van der Waals surface area (Å²) in [5.41, 5.74) is 1.26. The highest BCUT2D eigenvalue weighted by Crippen LogP contribution is 2.13. The summed E-state index contributed by atoms with van der Waals surface area (Å²) in [6, 6.07) is 10.3. The van der Waals surface area contributed by atoms with Gasteiger partial charge in [0.05, 0.1) is 0 Å². The summed E-state index contributed by atoms with van der Waals surface area (Å²) in [6.07, 6.45) is 7.40. The van der Waals surface area contributed by atoms with E-state index >= 15 is 0 Å². The van der Waals surface area contributed by atoms with Crippen molar-refractivity contribution in [2.75, 3.05) is 19.6 Å². The van der Waals surface area contributed by atoms with Gasteiger partial charge in [0.15, 0.2) is 0 Å². The first-order valence-corrected chi connectivity index (χ1v) is 8.82. The molecule has 1 aliphatic rings. The lowest BCUT2D eigenvalue weighted by atomic mass is 10.0. The predicted molar refractivity (Wildman–Crippen MR) is 94.7 cm³/mol. The Morgan fingerprint density at radius 3 is 3.00 bits per heavy atom. The number of nitrogens with zero attached hydrogens (tertiary/aromatic N) is 2. The number of aromatic nitrogens is 2. The van der Waals surface area contributed by atoms with Crippen LogP contribution in [-0.2, 0) is 17.8 Å². The van der Waals surface area contributed by atoms with Crippen LogP contribution >= 0.6 is 0 Å². The Labute approximate surface area is 143 Å². The van der Waals surface area contributed by atoms with Crippen molar-refractivity contribution in [1.29, 1.82) is 0 Å². The SMILES string of the molecule is O=C(CCC1CCNC1)NCCc1nccn1Cc1ccccc1. The predicted octanol–water partition coefficient (Wildman–Crippen LogP) is 1.98. The van der Waals surface area contributed by atoms with Crippen LogP contribution in [0.25, 0.3) is 0 Å². The molecule has 0 saturated carbocycles. The van der Waals surface area contributed by atoms with E-state index in [-0.39, 0.29) is 5.91 Å². The number of rotatable bonds is 8. The van der Waals surface area contributed by atoms with E-state index in [4.69, 9.17) is 0 Å². The van der Waals surface area contributed by atoms with Crippen LogP contribution in [-0.4, -0.2) is 35.1 Å². The Morgan fingerprint density at radius 2 is 2.21 bits per heavy atom. The minimum Gasteiger partial charge on any atom is -0.356 e. The van der Waals surface area contributed by atoms with Crippen LogP contribution in [0.15, 0.2) is 42.7 Å². The van der Waals surface area contributed by atoms with Gasteiger partial charge in [-0.3, -0.25) is 4.79 Å². The van der Waals surface area contributed by atoms with Gasteiger partial charge >= 0.3 is 0 Å². The fraction of sp³-hybridized carbons (Fsp3) is 0.474. The monoisotopic (exact) mass is 326 g/mol. The average Bonchev–Trinajstić information content (AvgIpc) is 3.26. The number of nitrogens with one attached hydrogen (secondary N) is 2. The second-order valence-electron chi connectivity index (χ2n) is 6.45. The zero-order valence-corrected chi connectivity index (χ0v) is 14.1. The van der Waals surface area contributed by atoms with E-state index in [0.29, 0.717) is 18.9 Å². The van der Waals surface area contributed by atoms with E-state index in [1.807, 2.05) is 30.6 Å². The van der Waals surface area contributed by atoms with E-state index in [1.165, 1.54) is 12.0 Å². The molecule has 5 nitrogen and oxygen atoms in total. The van der Waals surface area contributed by atoms with E-state index < -0.39 is 0 Å². The van der Waals surface area contributed by atoms with Crippen molar-refractivity contribution in [2.24, 2.45) is 5.92 Å². The zero-order valence-electron chi connectivity index (χ0n) is 14.1. The number of amides is 1. The summed E-state index contributed by atoms with van der Waals surface area (Å²) in [6.45, 7) is 3.62. The van der Waals surface area contributed by atoms with Crippen molar-refractivity contribution < 1.29 is 4.79 Å². The molecule has 1 unspecified atom stereocenters. The molecule has 1 atom stereocenters. The van der Waals surface area contributed by atoms with Crippen LogP contribution in [0.5, 0.6) is 0 Å². The van der Waals surface area contributed by atoms with Crippen LogP contribution in [0.1, 0.15) is 30.7 Å². The van der Waals surface area contributed by atoms with Crippen LogP contribution in [0.4, 0.5) is 0 Å². The molecule has 1 amide bonds. The molecular formula is C19H26N4O. The lowest BCUT2D eigenvalue weighted by molar-refractivity contribution is -0.121. The summed E-state index contributed by atoms with van der Waals surface area (Å²) in [5.74, 6) is 1.84. The molecule has 1 aromatic carbocycles. The fourth-order valence-electron chi connectivity index (χ4n) is 3.19. The van der Waals surface area contributed by atoms with Crippen molar-refractivity contribution >= 4 is 5.91 Å². The highest BCUT2D eigenvalue weighted by molar-refractivity contribution is 5.75. The van der Waals surface area contributed by atoms with Gasteiger partial charge in [0, 0.05) is 38.3 Å². The minimum atomic E-state index is 0.156. The first-order chi connectivity index (χ1) is 11.8. The number of carbonyl (C=O) groups is 1. The van der Waals surface area contributed by atoms with Gasteiger partial charge in [0.25, 0.3) is 0 Å². The van der Waals surface area contributed by atoms with Crippen molar-refractivity contribution in [3.05, 3.63) is 54.1 Å². The van der Waals surface area contributed by atoms with Crippen molar-refractivity contribution in [1.82, 2.24) is 20.2 Å². The summed E-state index contributed by atoms with van der Waals surface area (Å²) in [5, 5.41) is 6.36. The smallest absolute Gasteiger partial charge is 0.220 e. The van der Waals surface area contributed by atoms with Crippen LogP contribution in [0, 0.1) is 5.92 Å². The van der Waals surface area contributed by atoms with Gasteiger partial charge in [0.2, 0.25) is 5.91 Å². The summed E-state index contributed by atoms with van der Waals surface area (Å²) >= 11 is 0. The Balaban J connectivity index is 1.40. The molecular weight excluding hydrogens is 300 g/mol. The third-order valence-corrected chi connectivity index (χ3v) is 4.61. The first-order valence-electron chi connectivity index (χ1n) is 8.82. The molecule has 3 rings (SSSR count). The van der Waals surface area contributed by atoms with Crippen LogP contribution in [0.3, 0.4) is 0 Å². The van der Waals surface area contributed by atoms with Gasteiger partial charge in [-0.05, 0) is 37.4 Å². The van der Waals surface area contributed by atoms with E-state index in [2.05, 4.69) is 32.3 Å². The van der Waals surface area contributed by atoms with Crippen LogP contribution in [0.2, 0.25) is 0 Å². The standard InChI is InChI=1S/C19H26N4O/c24-19(7-6-16-8-10-20-14-16)22-11-9-18-21-12-13-23(18)15-17-4-2-1-3-5-17/h1-5,12-13,16,20H,6-11,14-15H2,(H,22,24). The number of hydrogen-bond acceptors (Lipinski definition) is 3. The van der Waals surface area contributed by atoms with E-state index in [0.717, 1.165) is 38.3 Å². The molecule has 0 spiro atoms.